The molecule has 11 heteroatoms. The lowest BCUT2D eigenvalue weighted by molar-refractivity contribution is -0.136. The van der Waals surface area contributed by atoms with E-state index in [-0.39, 0.29) is 11.3 Å². The van der Waals surface area contributed by atoms with Crippen molar-refractivity contribution in [1.29, 1.82) is 0 Å². The maximum atomic E-state index is 12.9. The van der Waals surface area contributed by atoms with E-state index in [1.54, 1.807) is 53.3 Å². The molecule has 0 fully saturated rings. The maximum Gasteiger partial charge on any atom is 0.329 e. The summed E-state index contributed by atoms with van der Waals surface area (Å²) in [4.78, 5) is 38.1. The molecule has 5 rings (SSSR count). The molecule has 0 aliphatic carbocycles. The van der Waals surface area contributed by atoms with E-state index in [0.717, 1.165) is 20.2 Å². The number of anilines is 2. The van der Waals surface area contributed by atoms with E-state index < -0.39 is 17.7 Å². The Hall–Kier alpha value is -4.87. The molecule has 3 amide bonds. The van der Waals surface area contributed by atoms with Crippen LogP contribution in [0.2, 0.25) is 0 Å². The predicted octanol–water partition coefficient (Wildman–Crippen LogP) is 6.41. The summed E-state index contributed by atoms with van der Waals surface area (Å²) in [5.74, 6) is -2.43. The molecule has 0 aliphatic heterocycles. The van der Waals surface area contributed by atoms with Crippen molar-refractivity contribution < 1.29 is 14.4 Å². The van der Waals surface area contributed by atoms with E-state index >= 15 is 0 Å². The summed E-state index contributed by atoms with van der Waals surface area (Å²) in [7, 11) is 0. The molecule has 0 saturated heterocycles. The number of nitrogens with zero attached hydrogens (tertiary/aromatic N) is 3. The third-order valence-corrected chi connectivity index (χ3v) is 7.04. The summed E-state index contributed by atoms with van der Waals surface area (Å²) >= 11 is 6.80. The Morgan fingerprint density at radius 1 is 0.738 bits per heavy atom. The highest BCUT2D eigenvalue weighted by molar-refractivity contribution is 9.10. The van der Waals surface area contributed by atoms with E-state index in [4.69, 9.17) is 5.10 Å². The zero-order valence-electron chi connectivity index (χ0n) is 21.8. The van der Waals surface area contributed by atoms with E-state index in [1.165, 1.54) is 12.3 Å². The van der Waals surface area contributed by atoms with Crippen molar-refractivity contribution in [3.05, 3.63) is 129 Å². The number of carbonyl (C=O) groups excluding carboxylic acids is 3. The van der Waals surface area contributed by atoms with E-state index in [9.17, 15) is 14.4 Å². The second-order valence-electron chi connectivity index (χ2n) is 8.88. The number of hydrogen-bond acceptors (Lipinski definition) is 5. The molecule has 42 heavy (non-hydrogen) atoms. The zero-order chi connectivity index (χ0) is 29.5. The van der Waals surface area contributed by atoms with Gasteiger partial charge in [0.2, 0.25) is 0 Å². The lowest BCUT2D eigenvalue weighted by Gasteiger charge is -2.11. The first kappa shape index (κ1) is 28.7. The Kier molecular flexibility index (Phi) is 9.00. The van der Waals surface area contributed by atoms with Gasteiger partial charge in [-0.25, -0.2) is 10.1 Å². The molecule has 0 radical (unpaired) electrons. The molecule has 0 aliphatic rings. The van der Waals surface area contributed by atoms with Crippen molar-refractivity contribution in [2.75, 3.05) is 10.6 Å². The summed E-state index contributed by atoms with van der Waals surface area (Å²) in [6.45, 7) is 0. The van der Waals surface area contributed by atoms with Crippen molar-refractivity contribution in [1.82, 2.24) is 15.2 Å². The zero-order valence-corrected chi connectivity index (χ0v) is 25.0. The largest absolute Gasteiger partial charge is 0.329 e. The van der Waals surface area contributed by atoms with Gasteiger partial charge in [0.25, 0.3) is 5.91 Å². The first-order valence-corrected chi connectivity index (χ1v) is 14.2. The first-order chi connectivity index (χ1) is 20.4. The molecule has 0 saturated carbocycles. The molecule has 5 aromatic rings. The summed E-state index contributed by atoms with van der Waals surface area (Å²) in [5.41, 5.74) is 6.15. The van der Waals surface area contributed by atoms with Crippen molar-refractivity contribution in [3.8, 4) is 16.9 Å². The van der Waals surface area contributed by atoms with Crippen molar-refractivity contribution in [2.24, 2.45) is 5.10 Å². The molecule has 0 unspecified atom stereocenters. The molecule has 0 bridgehead atoms. The van der Waals surface area contributed by atoms with Gasteiger partial charge in [0.15, 0.2) is 0 Å². The van der Waals surface area contributed by atoms with Gasteiger partial charge < -0.3 is 10.6 Å². The molecular weight excluding hydrogens is 664 g/mol. The number of aromatic nitrogens is 2. The Morgan fingerprint density at radius 2 is 1.38 bits per heavy atom. The standard InChI is InChI=1S/C31H22Br2N6O3/c32-22-12-10-20(11-13-22)28-21(19-39(38-28)25-6-2-1-3-7-25)18-34-37-31(42)30(41)36-27-9-5-4-8-26(27)29(40)35-24-16-14-23(33)15-17-24/h1-19H,(H,35,40)(H,36,41)(H,37,42)/b34-18-. The molecule has 3 N–H and O–H groups in total. The van der Waals surface area contributed by atoms with Crippen LogP contribution < -0.4 is 16.1 Å². The number of para-hydroxylation sites is 2. The number of benzene rings is 4. The minimum absolute atomic E-state index is 0.179. The molecule has 0 atom stereocenters. The highest BCUT2D eigenvalue weighted by Gasteiger charge is 2.18. The Labute approximate surface area is 257 Å². The Morgan fingerprint density at radius 3 is 2.10 bits per heavy atom. The van der Waals surface area contributed by atoms with Crippen LogP contribution >= 0.6 is 31.9 Å². The van der Waals surface area contributed by atoms with Gasteiger partial charge >= 0.3 is 11.8 Å². The number of halogens is 2. The van der Waals surface area contributed by atoms with Crippen LogP contribution in [-0.4, -0.2) is 33.7 Å². The molecule has 0 spiro atoms. The quantitative estimate of drug-likeness (QED) is 0.104. The van der Waals surface area contributed by atoms with Gasteiger partial charge in [-0.3, -0.25) is 14.4 Å². The van der Waals surface area contributed by atoms with Crippen molar-refractivity contribution >= 4 is 67.2 Å². The van der Waals surface area contributed by atoms with E-state index in [0.29, 0.717) is 16.9 Å². The smallest absolute Gasteiger partial charge is 0.322 e. The van der Waals surface area contributed by atoms with Gasteiger partial charge in [0.1, 0.15) is 5.69 Å². The third-order valence-electron chi connectivity index (χ3n) is 5.98. The van der Waals surface area contributed by atoms with Gasteiger partial charge in [-0.1, -0.05) is 74.3 Å². The Balaban J connectivity index is 1.29. The number of amides is 3. The van der Waals surface area contributed by atoms with Crippen LogP contribution in [0.5, 0.6) is 0 Å². The normalized spacial score (nSPS) is 10.8. The summed E-state index contributed by atoms with van der Waals surface area (Å²) < 4.78 is 3.51. The summed E-state index contributed by atoms with van der Waals surface area (Å²) in [6, 6.07) is 30.7. The third kappa shape index (κ3) is 7.06. The lowest BCUT2D eigenvalue weighted by atomic mass is 10.1. The molecule has 208 valence electrons. The van der Waals surface area contributed by atoms with Gasteiger partial charge in [-0.05, 0) is 60.7 Å². The second-order valence-corrected chi connectivity index (χ2v) is 10.7. The van der Waals surface area contributed by atoms with E-state index in [2.05, 4.69) is 53.0 Å². The highest BCUT2D eigenvalue weighted by atomic mass is 79.9. The lowest BCUT2D eigenvalue weighted by Crippen LogP contribution is -2.33. The van der Waals surface area contributed by atoms with Crippen LogP contribution in [0.3, 0.4) is 0 Å². The highest BCUT2D eigenvalue weighted by Crippen LogP contribution is 2.25. The van der Waals surface area contributed by atoms with Gasteiger partial charge in [-0.2, -0.15) is 10.2 Å². The Bertz CT molecular complexity index is 1770. The molecule has 1 heterocycles. The minimum atomic E-state index is -1.00. The summed E-state index contributed by atoms with van der Waals surface area (Å²) in [5, 5.41) is 14.0. The van der Waals surface area contributed by atoms with Crippen molar-refractivity contribution in [3.63, 3.8) is 0 Å². The number of carbonyl (C=O) groups is 3. The van der Waals surface area contributed by atoms with Crippen LogP contribution in [0.25, 0.3) is 16.9 Å². The number of hydrazone groups is 1. The maximum absolute atomic E-state index is 12.9. The first-order valence-electron chi connectivity index (χ1n) is 12.6. The van der Waals surface area contributed by atoms with Crippen LogP contribution in [0.15, 0.2) is 123 Å². The fraction of sp³-hybridized carbons (Fsp3) is 0. The fourth-order valence-corrected chi connectivity index (χ4v) is 4.47. The SMILES string of the molecule is O=C(N/N=C\c1cn(-c2ccccc2)nc1-c1ccc(Br)cc1)C(=O)Nc1ccccc1C(=O)Nc1ccc(Br)cc1. The van der Waals surface area contributed by atoms with Gasteiger partial charge in [0, 0.05) is 32.0 Å². The average molecular weight is 686 g/mol. The second kappa shape index (κ2) is 13.2. The summed E-state index contributed by atoms with van der Waals surface area (Å²) in [6.07, 6.45) is 3.21. The van der Waals surface area contributed by atoms with Crippen LogP contribution in [0.1, 0.15) is 15.9 Å². The minimum Gasteiger partial charge on any atom is -0.322 e. The van der Waals surface area contributed by atoms with Crippen LogP contribution in [0, 0.1) is 0 Å². The monoisotopic (exact) mass is 684 g/mol. The topological polar surface area (TPSA) is 117 Å². The molecule has 1 aromatic heterocycles. The fourth-order valence-electron chi connectivity index (χ4n) is 3.94. The molecule has 9 nitrogen and oxygen atoms in total. The predicted molar refractivity (Wildman–Crippen MR) is 170 cm³/mol. The van der Waals surface area contributed by atoms with Crippen molar-refractivity contribution in [2.45, 2.75) is 0 Å². The number of hydrogen-bond donors (Lipinski definition) is 3. The van der Waals surface area contributed by atoms with Gasteiger partial charge in [0.05, 0.1) is 23.2 Å². The molecular formula is C31H22Br2N6O3. The van der Waals surface area contributed by atoms with Gasteiger partial charge in [-0.15, -0.1) is 0 Å². The molecule has 4 aromatic carbocycles. The van der Waals surface area contributed by atoms with Crippen LogP contribution in [-0.2, 0) is 9.59 Å². The van der Waals surface area contributed by atoms with E-state index in [1.807, 2.05) is 54.6 Å². The average Bonchev–Trinajstić information content (AvgIpc) is 3.43. The number of rotatable bonds is 7. The van der Waals surface area contributed by atoms with Crippen LogP contribution in [0.4, 0.5) is 11.4 Å². The number of nitrogens with one attached hydrogen (secondary N) is 3.